The van der Waals surface area contributed by atoms with Crippen molar-refractivity contribution in [1.82, 2.24) is 9.88 Å². The first kappa shape index (κ1) is 13.8. The lowest BCUT2D eigenvalue weighted by Gasteiger charge is -2.14. The highest BCUT2D eigenvalue weighted by Crippen LogP contribution is 2.26. The quantitative estimate of drug-likeness (QED) is 0.477. The van der Waals surface area contributed by atoms with E-state index in [1.807, 2.05) is 0 Å². The molecule has 8 nitrogen and oxygen atoms in total. The van der Waals surface area contributed by atoms with Crippen LogP contribution in [0.15, 0.2) is 12.3 Å². The first-order valence-corrected chi connectivity index (χ1v) is 5.05. The largest absolute Gasteiger partial charge is 0.368 e. The number of nitrogens with zero attached hydrogens (tertiary/aromatic N) is 3. The van der Waals surface area contributed by atoms with Crippen molar-refractivity contribution >= 4 is 29.1 Å². The molecule has 9 heteroatoms. The van der Waals surface area contributed by atoms with Crippen LogP contribution in [0.2, 0.25) is 5.15 Å². The summed E-state index contributed by atoms with van der Waals surface area (Å²) >= 11 is 5.56. The monoisotopic (exact) mass is 272 g/mol. The predicted molar refractivity (Wildman–Crippen MR) is 62.1 cm³/mol. The van der Waals surface area contributed by atoms with E-state index in [4.69, 9.17) is 17.3 Å². The van der Waals surface area contributed by atoms with E-state index < -0.39 is 27.6 Å². The van der Waals surface area contributed by atoms with Crippen molar-refractivity contribution < 1.29 is 14.5 Å². The van der Waals surface area contributed by atoms with Crippen LogP contribution in [-0.4, -0.2) is 40.2 Å². The minimum Gasteiger partial charge on any atom is -0.368 e. The van der Waals surface area contributed by atoms with E-state index in [0.717, 1.165) is 11.0 Å². The van der Waals surface area contributed by atoms with E-state index in [1.54, 1.807) is 0 Å². The normalized spacial score (nSPS) is 9.89. The summed E-state index contributed by atoms with van der Waals surface area (Å²) in [6, 6.07) is 1.16. The van der Waals surface area contributed by atoms with Crippen molar-refractivity contribution in [3.05, 3.63) is 33.1 Å². The summed E-state index contributed by atoms with van der Waals surface area (Å²) in [6.45, 7) is -0.351. The zero-order valence-corrected chi connectivity index (χ0v) is 10.0. The van der Waals surface area contributed by atoms with Gasteiger partial charge in [-0.25, -0.2) is 4.98 Å². The number of carbonyl (C=O) groups is 2. The molecule has 0 aromatic carbocycles. The van der Waals surface area contributed by atoms with Crippen molar-refractivity contribution in [1.29, 1.82) is 0 Å². The van der Waals surface area contributed by atoms with Crippen molar-refractivity contribution in [2.24, 2.45) is 5.73 Å². The molecule has 0 saturated carbocycles. The molecule has 1 heterocycles. The van der Waals surface area contributed by atoms with Gasteiger partial charge in [0.1, 0.15) is 5.56 Å². The molecule has 18 heavy (non-hydrogen) atoms. The zero-order chi connectivity index (χ0) is 13.9. The van der Waals surface area contributed by atoms with Crippen molar-refractivity contribution in [2.45, 2.75) is 0 Å². The van der Waals surface area contributed by atoms with Crippen LogP contribution in [0.25, 0.3) is 0 Å². The first-order chi connectivity index (χ1) is 8.34. The van der Waals surface area contributed by atoms with Gasteiger partial charge in [-0.15, -0.1) is 0 Å². The standard InChI is InChI=1S/C9H9ClN4O4/c1-13(4-6(11)15)9(16)5-2-3-12-8(10)7(5)14(17)18/h2-3H,4H2,1H3,(H2,11,15). The van der Waals surface area contributed by atoms with E-state index >= 15 is 0 Å². The number of hydrogen-bond acceptors (Lipinski definition) is 5. The molecule has 0 bridgehead atoms. The number of nitrogens with two attached hydrogens (primary N) is 1. The Balaban J connectivity index is 3.17. The predicted octanol–water partition coefficient (Wildman–Crippen LogP) is 0.201. The van der Waals surface area contributed by atoms with Gasteiger partial charge in [-0.1, -0.05) is 11.6 Å². The lowest BCUT2D eigenvalue weighted by molar-refractivity contribution is -0.385. The van der Waals surface area contributed by atoms with Gasteiger partial charge in [0.2, 0.25) is 11.1 Å². The van der Waals surface area contributed by atoms with E-state index in [0.29, 0.717) is 0 Å². The maximum absolute atomic E-state index is 11.9. The lowest BCUT2D eigenvalue weighted by atomic mass is 10.2. The van der Waals surface area contributed by atoms with Gasteiger partial charge < -0.3 is 10.6 Å². The first-order valence-electron chi connectivity index (χ1n) is 4.67. The average molecular weight is 273 g/mol. The maximum Gasteiger partial charge on any atom is 0.319 e. The molecular weight excluding hydrogens is 264 g/mol. The summed E-state index contributed by atoms with van der Waals surface area (Å²) in [4.78, 5) is 37.1. The summed E-state index contributed by atoms with van der Waals surface area (Å²) in [5.41, 5.74) is 4.09. The molecule has 0 radical (unpaired) electrons. The molecule has 1 aromatic heterocycles. The van der Waals surface area contributed by atoms with Crippen molar-refractivity contribution in [2.75, 3.05) is 13.6 Å². The van der Waals surface area contributed by atoms with Gasteiger partial charge in [-0.3, -0.25) is 19.7 Å². The zero-order valence-electron chi connectivity index (χ0n) is 9.29. The molecular formula is C9H9ClN4O4. The topological polar surface area (TPSA) is 119 Å². The summed E-state index contributed by atoms with van der Waals surface area (Å²) in [5, 5.41) is 10.4. The van der Waals surface area contributed by atoms with E-state index in [2.05, 4.69) is 4.98 Å². The number of pyridine rings is 1. The van der Waals surface area contributed by atoms with E-state index in [-0.39, 0.29) is 12.1 Å². The number of likely N-dealkylation sites (N-methyl/N-ethyl adjacent to an activating group) is 1. The molecule has 0 atom stereocenters. The van der Waals surface area contributed by atoms with Crippen molar-refractivity contribution in [3.8, 4) is 0 Å². The van der Waals surface area contributed by atoms with Gasteiger partial charge in [-0.2, -0.15) is 0 Å². The van der Waals surface area contributed by atoms with Gasteiger partial charge in [-0.05, 0) is 6.07 Å². The van der Waals surface area contributed by atoms with E-state index in [1.165, 1.54) is 13.2 Å². The number of halogens is 1. The van der Waals surface area contributed by atoms with Crippen LogP contribution in [0.1, 0.15) is 10.4 Å². The Bertz CT molecular complexity index is 519. The number of carbonyl (C=O) groups excluding carboxylic acids is 2. The number of primary amides is 1. The van der Waals surface area contributed by atoms with Crippen molar-refractivity contribution in [3.63, 3.8) is 0 Å². The fraction of sp³-hybridized carbons (Fsp3) is 0.222. The van der Waals surface area contributed by atoms with Crippen LogP contribution in [0, 0.1) is 10.1 Å². The lowest BCUT2D eigenvalue weighted by Crippen LogP contribution is -2.35. The number of nitro groups is 1. The highest BCUT2D eigenvalue weighted by molar-refractivity contribution is 6.32. The SMILES string of the molecule is CN(CC(N)=O)C(=O)c1ccnc(Cl)c1[N+](=O)[O-]. The average Bonchev–Trinajstić information content (AvgIpc) is 2.26. The third-order valence-electron chi connectivity index (χ3n) is 2.03. The molecule has 96 valence electrons. The Labute approximate surface area is 106 Å². The Hall–Kier alpha value is -2.22. The second-order valence-corrected chi connectivity index (χ2v) is 3.74. The molecule has 0 aliphatic heterocycles. The van der Waals surface area contributed by atoms with Gasteiger partial charge in [0.05, 0.1) is 11.5 Å². The summed E-state index contributed by atoms with van der Waals surface area (Å²) < 4.78 is 0. The summed E-state index contributed by atoms with van der Waals surface area (Å²) in [5.74, 6) is -1.46. The molecule has 0 aliphatic rings. The van der Waals surface area contributed by atoms with Crippen LogP contribution in [0.4, 0.5) is 5.69 Å². The van der Waals surface area contributed by atoms with Gasteiger partial charge in [0, 0.05) is 13.2 Å². The number of rotatable bonds is 4. The summed E-state index contributed by atoms with van der Waals surface area (Å²) in [7, 11) is 1.30. The molecule has 2 amide bonds. The Morgan fingerprint density at radius 3 is 2.72 bits per heavy atom. The number of amides is 2. The van der Waals surface area contributed by atoms with Crippen LogP contribution in [0.3, 0.4) is 0 Å². The number of aromatic nitrogens is 1. The summed E-state index contributed by atoms with van der Waals surface area (Å²) in [6.07, 6.45) is 1.17. The van der Waals surface area contributed by atoms with Gasteiger partial charge in [0.15, 0.2) is 0 Å². The van der Waals surface area contributed by atoms with Gasteiger partial charge in [0.25, 0.3) is 5.91 Å². The highest BCUT2D eigenvalue weighted by Gasteiger charge is 2.27. The smallest absolute Gasteiger partial charge is 0.319 e. The van der Waals surface area contributed by atoms with Crippen LogP contribution in [-0.2, 0) is 4.79 Å². The molecule has 0 fully saturated rings. The molecule has 0 spiro atoms. The molecule has 2 N–H and O–H groups in total. The Morgan fingerprint density at radius 2 is 2.22 bits per heavy atom. The number of hydrogen-bond donors (Lipinski definition) is 1. The Kier molecular flexibility index (Phi) is 4.16. The maximum atomic E-state index is 11.9. The second-order valence-electron chi connectivity index (χ2n) is 3.38. The second kappa shape index (κ2) is 5.41. The van der Waals surface area contributed by atoms with Gasteiger partial charge >= 0.3 is 5.69 Å². The molecule has 0 saturated heterocycles. The van der Waals surface area contributed by atoms with E-state index in [9.17, 15) is 19.7 Å². The van der Waals surface area contributed by atoms with Crippen LogP contribution < -0.4 is 5.73 Å². The fourth-order valence-electron chi connectivity index (χ4n) is 1.29. The molecule has 0 aliphatic carbocycles. The Morgan fingerprint density at radius 1 is 1.61 bits per heavy atom. The van der Waals surface area contributed by atoms with Crippen LogP contribution in [0.5, 0.6) is 0 Å². The molecule has 0 unspecified atom stereocenters. The third kappa shape index (κ3) is 2.92. The third-order valence-corrected chi connectivity index (χ3v) is 2.31. The van der Waals surface area contributed by atoms with Crippen LogP contribution >= 0.6 is 11.6 Å². The minimum atomic E-state index is -0.805. The minimum absolute atomic E-state index is 0.247. The molecule has 1 rings (SSSR count). The highest BCUT2D eigenvalue weighted by atomic mass is 35.5. The fourth-order valence-corrected chi connectivity index (χ4v) is 1.51. The molecule has 1 aromatic rings.